The van der Waals surface area contributed by atoms with Crippen molar-refractivity contribution in [1.29, 1.82) is 0 Å². The summed E-state index contributed by atoms with van der Waals surface area (Å²) in [6, 6.07) is 11.9. The summed E-state index contributed by atoms with van der Waals surface area (Å²) in [5.74, 6) is -0.116. The normalized spacial score (nSPS) is 11.2. The molecule has 31 heavy (non-hydrogen) atoms. The van der Waals surface area contributed by atoms with E-state index in [9.17, 15) is 9.18 Å². The molecule has 0 unspecified atom stereocenters. The molecule has 0 aliphatic carbocycles. The van der Waals surface area contributed by atoms with Gasteiger partial charge in [-0.1, -0.05) is 18.2 Å². The standard InChI is InChI=1S/C20H24FN7O.2ClH/c21-14-6-3-12(4-7-14)13-5-8-16-17(10-13)28-18(27-16)19(29)26-11-15(22)2-1-9-25-20(23)24;;/h3-8,10,15H,1-2,9,11,22H2,(H,26,29)(H,27,28)(H4,23,24,25);2*1H/t15-;;/m0../s1. The molecule has 0 saturated carbocycles. The predicted octanol–water partition coefficient (Wildman–Crippen LogP) is -7.15. The van der Waals surface area contributed by atoms with Crippen molar-refractivity contribution in [3.8, 4) is 11.1 Å². The number of carbonyl (C=O) groups is 1. The number of hydrogen-bond acceptors (Lipinski definition) is 2. The molecule has 1 amide bonds. The van der Waals surface area contributed by atoms with Gasteiger partial charge in [-0.05, 0) is 41.8 Å². The maximum atomic E-state index is 13.1. The first-order valence-corrected chi connectivity index (χ1v) is 9.41. The lowest BCUT2D eigenvalue weighted by Crippen LogP contribution is -3.00. The van der Waals surface area contributed by atoms with Crippen molar-refractivity contribution < 1.29 is 44.7 Å². The average Bonchev–Trinajstić information content (AvgIpc) is 3.13. The lowest BCUT2D eigenvalue weighted by atomic mass is 10.1. The number of H-pyrrole nitrogens is 1. The van der Waals surface area contributed by atoms with Crippen LogP contribution in [0.4, 0.5) is 4.39 Å². The van der Waals surface area contributed by atoms with Crippen molar-refractivity contribution in [2.45, 2.75) is 18.9 Å². The van der Waals surface area contributed by atoms with E-state index in [0.717, 1.165) is 29.5 Å². The van der Waals surface area contributed by atoms with E-state index in [4.69, 9.17) is 11.5 Å². The van der Waals surface area contributed by atoms with Crippen molar-refractivity contribution in [2.75, 3.05) is 13.1 Å². The maximum Gasteiger partial charge on any atom is 0.338 e. The SMILES string of the molecule is NC(N)=[NH+]CCC[C@H]([NH3+])CNC(=O)c1nc2ccc(-c3ccc(F)cc3)cc2[nH]1.[Cl-].[Cl-]. The van der Waals surface area contributed by atoms with Crippen molar-refractivity contribution >= 4 is 22.9 Å². The molecule has 0 fully saturated rings. The van der Waals surface area contributed by atoms with Crippen LogP contribution in [-0.2, 0) is 0 Å². The molecule has 1 heterocycles. The lowest BCUT2D eigenvalue weighted by molar-refractivity contribution is -0.465. The first kappa shape index (κ1) is 26.2. The van der Waals surface area contributed by atoms with E-state index in [1.165, 1.54) is 12.1 Å². The minimum Gasteiger partial charge on any atom is -1.00 e. The van der Waals surface area contributed by atoms with Crippen molar-refractivity contribution in [3.05, 3.63) is 54.1 Å². The summed E-state index contributed by atoms with van der Waals surface area (Å²) >= 11 is 0. The fourth-order valence-electron chi connectivity index (χ4n) is 2.99. The second-order valence-electron chi connectivity index (χ2n) is 6.92. The monoisotopic (exact) mass is 469 g/mol. The summed E-state index contributed by atoms with van der Waals surface area (Å²) in [6.45, 7) is 1.11. The number of nitrogens with one attached hydrogen (secondary N) is 3. The molecule has 0 spiro atoms. The Labute approximate surface area is 191 Å². The first-order chi connectivity index (χ1) is 13.9. The molecular weight excluding hydrogens is 444 g/mol. The van der Waals surface area contributed by atoms with Crippen LogP contribution >= 0.6 is 0 Å². The summed E-state index contributed by atoms with van der Waals surface area (Å²) < 4.78 is 13.1. The topological polar surface area (TPSA) is 151 Å². The predicted molar refractivity (Wildman–Crippen MR) is 109 cm³/mol. The van der Waals surface area contributed by atoms with Gasteiger partial charge in [0.1, 0.15) is 11.9 Å². The molecule has 11 heteroatoms. The zero-order chi connectivity index (χ0) is 20.8. The maximum absolute atomic E-state index is 13.1. The van der Waals surface area contributed by atoms with Gasteiger partial charge in [-0.15, -0.1) is 0 Å². The number of guanidine groups is 1. The van der Waals surface area contributed by atoms with Crippen LogP contribution in [0.3, 0.4) is 0 Å². The number of benzene rings is 2. The van der Waals surface area contributed by atoms with Crippen LogP contribution in [0.25, 0.3) is 22.2 Å². The van der Waals surface area contributed by atoms with E-state index < -0.39 is 0 Å². The van der Waals surface area contributed by atoms with Gasteiger partial charge >= 0.3 is 5.96 Å². The van der Waals surface area contributed by atoms with Gasteiger partial charge in [0, 0.05) is 6.42 Å². The fraction of sp³-hybridized carbons (Fsp3) is 0.250. The van der Waals surface area contributed by atoms with Crippen LogP contribution in [0.2, 0.25) is 0 Å². The minimum absolute atomic E-state index is 0. The number of quaternary nitrogens is 1. The van der Waals surface area contributed by atoms with Crippen LogP contribution in [-0.4, -0.2) is 41.0 Å². The summed E-state index contributed by atoms with van der Waals surface area (Å²) in [7, 11) is 0. The van der Waals surface area contributed by atoms with E-state index in [2.05, 4.69) is 26.0 Å². The molecule has 2 aromatic carbocycles. The fourth-order valence-corrected chi connectivity index (χ4v) is 2.99. The lowest BCUT2D eigenvalue weighted by Gasteiger charge is -2.08. The van der Waals surface area contributed by atoms with Crippen molar-refractivity contribution in [1.82, 2.24) is 15.3 Å². The van der Waals surface area contributed by atoms with E-state index in [1.54, 1.807) is 12.1 Å². The largest absolute Gasteiger partial charge is 1.00 e. The van der Waals surface area contributed by atoms with Crippen LogP contribution in [0.5, 0.6) is 0 Å². The second kappa shape index (κ2) is 12.1. The highest BCUT2D eigenvalue weighted by Crippen LogP contribution is 2.23. The molecule has 3 rings (SSSR count). The molecule has 1 atom stereocenters. The summed E-state index contributed by atoms with van der Waals surface area (Å²) in [4.78, 5) is 22.6. The van der Waals surface area contributed by atoms with Crippen LogP contribution in [0.1, 0.15) is 23.5 Å². The Kier molecular flexibility index (Phi) is 10.2. The Morgan fingerprint density at radius 2 is 1.84 bits per heavy atom. The number of hydrogen-bond donors (Lipinski definition) is 6. The second-order valence-corrected chi connectivity index (χ2v) is 6.92. The summed E-state index contributed by atoms with van der Waals surface area (Å²) in [6.07, 6.45) is 1.67. The molecule has 0 aliphatic rings. The van der Waals surface area contributed by atoms with E-state index in [-0.39, 0.29) is 54.4 Å². The molecule has 3 aromatic rings. The first-order valence-electron chi connectivity index (χ1n) is 9.41. The number of halogens is 3. The quantitative estimate of drug-likeness (QED) is 0.110. The smallest absolute Gasteiger partial charge is 0.338 e. The Bertz CT molecular complexity index is 1020. The van der Waals surface area contributed by atoms with Gasteiger partial charge in [-0.3, -0.25) is 21.3 Å². The molecule has 1 aromatic heterocycles. The number of nitrogens with zero attached hydrogens (tertiary/aromatic N) is 1. The van der Waals surface area contributed by atoms with Crippen molar-refractivity contribution in [2.24, 2.45) is 11.5 Å². The third-order valence-corrected chi connectivity index (χ3v) is 4.54. The van der Waals surface area contributed by atoms with Gasteiger partial charge in [0.05, 0.1) is 24.1 Å². The number of rotatable bonds is 8. The Balaban J connectivity index is 0.00000240. The van der Waals surface area contributed by atoms with Gasteiger partial charge in [0.15, 0.2) is 5.82 Å². The van der Waals surface area contributed by atoms with Crippen LogP contribution in [0, 0.1) is 5.82 Å². The van der Waals surface area contributed by atoms with E-state index in [1.807, 2.05) is 18.2 Å². The van der Waals surface area contributed by atoms with E-state index >= 15 is 0 Å². The highest BCUT2D eigenvalue weighted by molar-refractivity contribution is 5.94. The van der Waals surface area contributed by atoms with Gasteiger partial charge < -0.3 is 40.8 Å². The zero-order valence-electron chi connectivity index (χ0n) is 16.8. The number of imidazole rings is 1. The number of aromatic amines is 1. The third kappa shape index (κ3) is 7.39. The van der Waals surface area contributed by atoms with Crippen molar-refractivity contribution in [3.63, 3.8) is 0 Å². The minimum atomic E-state index is -0.282. The van der Waals surface area contributed by atoms with Crippen LogP contribution < -0.4 is 52.3 Å². The Morgan fingerprint density at radius 3 is 2.52 bits per heavy atom. The number of nitrogens with two attached hydrogens (primary N) is 2. The van der Waals surface area contributed by atoms with Gasteiger partial charge in [-0.2, -0.15) is 0 Å². The molecular formula is C20H26Cl2FN7O. The Hall–Kier alpha value is -2.88. The highest BCUT2D eigenvalue weighted by atomic mass is 35.5. The molecule has 0 bridgehead atoms. The summed E-state index contributed by atoms with van der Waals surface area (Å²) in [5.41, 5.74) is 17.9. The Morgan fingerprint density at radius 1 is 1.16 bits per heavy atom. The zero-order valence-corrected chi connectivity index (χ0v) is 18.3. The van der Waals surface area contributed by atoms with Crippen LogP contribution in [0.15, 0.2) is 42.5 Å². The van der Waals surface area contributed by atoms with Gasteiger partial charge in [0.25, 0.3) is 5.91 Å². The summed E-state index contributed by atoms with van der Waals surface area (Å²) in [5, 5.41) is 2.85. The number of amides is 1. The molecule has 0 saturated heterocycles. The number of carbonyl (C=O) groups excluding carboxylic acids is 1. The highest BCUT2D eigenvalue weighted by Gasteiger charge is 2.14. The van der Waals surface area contributed by atoms with Gasteiger partial charge in [0.2, 0.25) is 0 Å². The van der Waals surface area contributed by atoms with E-state index in [0.29, 0.717) is 18.6 Å². The molecule has 8 nitrogen and oxygen atoms in total. The molecule has 10 N–H and O–H groups in total. The molecule has 0 radical (unpaired) electrons. The number of fused-ring (bicyclic) bond motifs is 1. The number of aromatic nitrogens is 2. The molecule has 168 valence electrons. The molecule has 0 aliphatic heterocycles. The average molecular weight is 470 g/mol. The third-order valence-electron chi connectivity index (χ3n) is 4.54. The van der Waals surface area contributed by atoms with Gasteiger partial charge in [-0.25, -0.2) is 9.37 Å².